The Morgan fingerprint density at radius 2 is 1.66 bits per heavy atom. The zero-order valence-electron chi connectivity index (χ0n) is 21.7. The summed E-state index contributed by atoms with van der Waals surface area (Å²) < 4.78 is 24.8. The number of benzene rings is 2. The number of methoxy groups -OCH3 is 3. The zero-order valence-corrected chi connectivity index (χ0v) is 21.7. The van der Waals surface area contributed by atoms with Crippen LogP contribution >= 0.6 is 0 Å². The summed E-state index contributed by atoms with van der Waals surface area (Å²) in [6.07, 6.45) is 0.691. The minimum atomic E-state index is -0.392. The van der Waals surface area contributed by atoms with E-state index < -0.39 is 5.97 Å². The Morgan fingerprint density at radius 1 is 1.03 bits per heavy atom. The number of aryl methyl sites for hydroxylation is 2. The molecule has 0 saturated carbocycles. The highest BCUT2D eigenvalue weighted by molar-refractivity contribution is 6.06. The highest BCUT2D eigenvalue weighted by Gasteiger charge is 2.37. The Hall–Kier alpha value is -3.61. The Balaban J connectivity index is 2.15. The molecule has 2 aromatic carbocycles. The lowest BCUT2D eigenvalue weighted by Crippen LogP contribution is -2.19. The molecular weight excluding hydrogens is 446 g/mol. The molecule has 35 heavy (non-hydrogen) atoms. The number of carbonyl (C=O) groups excluding carboxylic acids is 1. The summed E-state index contributed by atoms with van der Waals surface area (Å²) in [5.74, 6) is 1.52. The van der Waals surface area contributed by atoms with Crippen molar-refractivity contribution in [1.29, 1.82) is 0 Å². The summed E-state index contributed by atoms with van der Waals surface area (Å²) in [7, 11) is 4.78. The number of phenolic OH excluding ortho intramolecular Hbond substituents is 1. The zero-order chi connectivity index (χ0) is 25.6. The Kier molecular flexibility index (Phi) is 6.45. The van der Waals surface area contributed by atoms with Crippen molar-refractivity contribution >= 4 is 5.97 Å². The summed E-state index contributed by atoms with van der Waals surface area (Å²) >= 11 is 0. The van der Waals surface area contributed by atoms with Crippen LogP contribution in [0.2, 0.25) is 0 Å². The fourth-order valence-electron chi connectivity index (χ4n) is 5.40. The molecule has 0 radical (unpaired) electrons. The van der Waals surface area contributed by atoms with E-state index >= 15 is 0 Å². The first-order valence-electron chi connectivity index (χ1n) is 11.7. The van der Waals surface area contributed by atoms with Gasteiger partial charge in [-0.05, 0) is 75.9 Å². The van der Waals surface area contributed by atoms with Gasteiger partial charge in [-0.2, -0.15) is 0 Å². The number of hydrogen-bond acceptors (Lipinski definition) is 6. The summed E-state index contributed by atoms with van der Waals surface area (Å²) in [4.78, 5) is 13.5. The van der Waals surface area contributed by atoms with Gasteiger partial charge >= 0.3 is 5.97 Å². The molecule has 0 unspecified atom stereocenters. The fourth-order valence-corrected chi connectivity index (χ4v) is 5.40. The first kappa shape index (κ1) is 24.5. The first-order valence-corrected chi connectivity index (χ1v) is 11.7. The lowest BCUT2D eigenvalue weighted by molar-refractivity contribution is 0.0528. The van der Waals surface area contributed by atoms with Crippen LogP contribution in [0.1, 0.15) is 52.6 Å². The molecule has 1 aliphatic rings. The average molecular weight is 480 g/mol. The van der Waals surface area contributed by atoms with Crippen LogP contribution in [0.4, 0.5) is 0 Å². The third-order valence-corrected chi connectivity index (χ3v) is 6.84. The van der Waals surface area contributed by atoms with E-state index in [2.05, 4.69) is 11.5 Å². The Bertz CT molecular complexity index is 1300. The monoisotopic (exact) mass is 479 g/mol. The number of phenols is 1. The number of carbonyl (C=O) groups is 1. The maximum atomic E-state index is 13.5. The predicted molar refractivity (Wildman–Crippen MR) is 135 cm³/mol. The van der Waals surface area contributed by atoms with E-state index in [4.69, 9.17) is 18.9 Å². The van der Waals surface area contributed by atoms with Crippen LogP contribution in [-0.2, 0) is 11.2 Å². The number of hydrogen-bond donors (Lipinski definition) is 1. The molecule has 1 aliphatic heterocycles. The Morgan fingerprint density at radius 3 is 2.20 bits per heavy atom. The van der Waals surface area contributed by atoms with E-state index in [-0.39, 0.29) is 18.4 Å². The molecule has 7 nitrogen and oxygen atoms in total. The van der Waals surface area contributed by atoms with E-state index in [0.29, 0.717) is 29.2 Å². The van der Waals surface area contributed by atoms with Crippen molar-refractivity contribution in [2.75, 3.05) is 27.9 Å². The lowest BCUT2D eigenvalue weighted by Gasteiger charge is -2.30. The maximum Gasteiger partial charge on any atom is 0.340 e. The van der Waals surface area contributed by atoms with Gasteiger partial charge in [0.1, 0.15) is 5.75 Å². The number of rotatable bonds is 6. The van der Waals surface area contributed by atoms with Crippen LogP contribution in [0, 0.1) is 20.8 Å². The second-order valence-electron chi connectivity index (χ2n) is 8.96. The lowest BCUT2D eigenvalue weighted by atomic mass is 9.90. The van der Waals surface area contributed by atoms with Crippen LogP contribution < -0.4 is 14.2 Å². The minimum Gasteiger partial charge on any atom is -0.507 e. The first-order chi connectivity index (χ1) is 16.7. The normalized spacial score (nSPS) is 14.2. The second-order valence-corrected chi connectivity index (χ2v) is 8.96. The Labute approximate surface area is 206 Å². The molecule has 1 N–H and O–H groups in total. The molecule has 0 saturated heterocycles. The molecule has 186 valence electrons. The molecule has 0 spiro atoms. The van der Waals surface area contributed by atoms with Crippen molar-refractivity contribution < 1.29 is 28.8 Å². The SMILES string of the molecule is CCOC(=O)c1c(-c2cc(C)c(O)c(C)c2)c(C)n2c1-c1cc(OC)c(OC)c(OC)c1C[C@@H]2C. The molecule has 0 aliphatic carbocycles. The molecule has 2 heterocycles. The molecule has 7 heteroatoms. The van der Waals surface area contributed by atoms with E-state index in [1.165, 1.54) is 0 Å². The largest absolute Gasteiger partial charge is 0.507 e. The predicted octanol–water partition coefficient (Wildman–Crippen LogP) is 5.77. The molecular formula is C28H33NO6. The molecule has 3 aromatic rings. The van der Waals surface area contributed by atoms with Crippen molar-refractivity contribution in [3.8, 4) is 45.4 Å². The number of ether oxygens (including phenoxy) is 4. The van der Waals surface area contributed by atoms with Crippen molar-refractivity contribution in [1.82, 2.24) is 4.57 Å². The molecule has 0 bridgehead atoms. The van der Waals surface area contributed by atoms with Crippen molar-refractivity contribution in [2.24, 2.45) is 0 Å². The number of nitrogens with zero attached hydrogens (tertiary/aromatic N) is 1. The van der Waals surface area contributed by atoms with Crippen LogP contribution in [0.5, 0.6) is 23.0 Å². The fraction of sp³-hybridized carbons (Fsp3) is 0.393. The van der Waals surface area contributed by atoms with Gasteiger partial charge < -0.3 is 28.6 Å². The second kappa shape index (κ2) is 9.21. The highest BCUT2D eigenvalue weighted by Crippen LogP contribution is 2.52. The van der Waals surface area contributed by atoms with Crippen molar-refractivity contribution in [3.05, 3.63) is 46.1 Å². The number of fused-ring (bicyclic) bond motifs is 3. The molecule has 1 aromatic heterocycles. The number of esters is 1. The van der Waals surface area contributed by atoms with Gasteiger partial charge in [0.25, 0.3) is 0 Å². The van der Waals surface area contributed by atoms with Gasteiger partial charge in [-0.15, -0.1) is 0 Å². The summed E-state index contributed by atoms with van der Waals surface area (Å²) in [6.45, 7) is 9.94. The molecule has 4 rings (SSSR count). The van der Waals surface area contributed by atoms with Gasteiger partial charge in [0.05, 0.1) is 39.2 Å². The van der Waals surface area contributed by atoms with Crippen LogP contribution in [0.3, 0.4) is 0 Å². The van der Waals surface area contributed by atoms with E-state index in [1.54, 1.807) is 28.3 Å². The van der Waals surface area contributed by atoms with Crippen LogP contribution in [0.15, 0.2) is 18.2 Å². The van der Waals surface area contributed by atoms with Gasteiger partial charge in [-0.3, -0.25) is 0 Å². The summed E-state index contributed by atoms with van der Waals surface area (Å²) in [5.41, 5.74) is 7.20. The summed E-state index contributed by atoms with van der Waals surface area (Å²) in [5, 5.41) is 10.4. The standard InChI is InChI=1S/C28H33NO6/c1-9-35-28(31)23-22(18-10-14(2)25(30)15(3)11-18)17(5)29-16(4)12-20-19(24(23)29)13-21(32-6)27(34-8)26(20)33-7/h10-11,13,16,30H,9,12H2,1-8H3/t16-/m0/s1. The van der Waals surface area contributed by atoms with E-state index in [0.717, 1.165) is 44.8 Å². The van der Waals surface area contributed by atoms with Crippen LogP contribution in [0.25, 0.3) is 22.4 Å². The van der Waals surface area contributed by atoms with Gasteiger partial charge in [0.15, 0.2) is 11.5 Å². The van der Waals surface area contributed by atoms with Crippen molar-refractivity contribution in [3.63, 3.8) is 0 Å². The number of aromatic nitrogens is 1. The molecule has 0 fully saturated rings. The highest BCUT2D eigenvalue weighted by atomic mass is 16.5. The smallest absolute Gasteiger partial charge is 0.340 e. The quantitative estimate of drug-likeness (QED) is 0.452. The van der Waals surface area contributed by atoms with Gasteiger partial charge in [-0.1, -0.05) is 0 Å². The minimum absolute atomic E-state index is 0.0470. The molecule has 1 atom stereocenters. The van der Waals surface area contributed by atoms with Crippen LogP contribution in [-0.4, -0.2) is 43.6 Å². The maximum absolute atomic E-state index is 13.5. The third kappa shape index (κ3) is 3.70. The summed E-state index contributed by atoms with van der Waals surface area (Å²) in [6, 6.07) is 5.79. The third-order valence-electron chi connectivity index (χ3n) is 6.84. The molecule has 0 amide bonds. The topological polar surface area (TPSA) is 79.2 Å². The van der Waals surface area contributed by atoms with Gasteiger partial charge in [0, 0.05) is 28.4 Å². The number of aromatic hydroxyl groups is 1. The van der Waals surface area contributed by atoms with E-state index in [1.807, 2.05) is 39.0 Å². The van der Waals surface area contributed by atoms with Gasteiger partial charge in [0.2, 0.25) is 5.75 Å². The van der Waals surface area contributed by atoms with Crippen molar-refractivity contribution in [2.45, 2.75) is 47.1 Å². The average Bonchev–Trinajstić information content (AvgIpc) is 3.15. The van der Waals surface area contributed by atoms with E-state index in [9.17, 15) is 9.90 Å². The van der Waals surface area contributed by atoms with Gasteiger partial charge in [-0.25, -0.2) is 4.79 Å².